The van der Waals surface area contributed by atoms with Crippen LogP contribution in [0, 0.1) is 0 Å². The number of aliphatic hydroxyl groups is 1. The van der Waals surface area contributed by atoms with Gasteiger partial charge in [-0.15, -0.1) is 0 Å². The number of aliphatic hydroxyl groups excluding tert-OH is 1. The fourth-order valence-electron chi connectivity index (χ4n) is 2.58. The van der Waals surface area contributed by atoms with Crippen LogP contribution in [0.25, 0.3) is 0 Å². The van der Waals surface area contributed by atoms with Crippen molar-refractivity contribution >= 4 is 17.7 Å². The quantitative estimate of drug-likeness (QED) is 0.750. The number of rotatable bonds is 6. The molecule has 124 valence electrons. The highest BCUT2D eigenvalue weighted by Crippen LogP contribution is 2.23. The molecule has 0 spiro atoms. The van der Waals surface area contributed by atoms with Crippen LogP contribution in [-0.4, -0.2) is 52.5 Å². The Kier molecular flexibility index (Phi) is 6.66. The van der Waals surface area contributed by atoms with Gasteiger partial charge in [0.1, 0.15) is 0 Å². The summed E-state index contributed by atoms with van der Waals surface area (Å²) in [5.74, 6) is 0. The van der Waals surface area contributed by atoms with E-state index in [4.69, 9.17) is 11.6 Å². The first-order chi connectivity index (χ1) is 10.2. The Morgan fingerprint density at radius 1 is 1.41 bits per heavy atom. The lowest BCUT2D eigenvalue weighted by molar-refractivity contribution is 0.00848. The van der Waals surface area contributed by atoms with E-state index in [-0.39, 0.29) is 0 Å². The van der Waals surface area contributed by atoms with Gasteiger partial charge in [0.2, 0.25) is 0 Å². The predicted molar refractivity (Wildman–Crippen MR) is 88.5 cm³/mol. The van der Waals surface area contributed by atoms with Crippen LogP contribution in [0.1, 0.15) is 26.3 Å². The number of likely N-dealkylation sites (N-methyl/N-ethyl adjacent to an activating group) is 1. The average Bonchev–Trinajstić information content (AvgIpc) is 2.36. The SMILES string of the molecule is CNC[C@@H](O)[C@H](Cc1cccc(Cl)c1)N(C(=O)O)C(C)(C)C. The third-order valence-corrected chi connectivity index (χ3v) is 3.69. The van der Waals surface area contributed by atoms with E-state index in [1.54, 1.807) is 19.2 Å². The summed E-state index contributed by atoms with van der Waals surface area (Å²) in [5.41, 5.74) is 0.271. The first-order valence-corrected chi connectivity index (χ1v) is 7.64. The number of benzene rings is 1. The molecule has 0 bridgehead atoms. The van der Waals surface area contributed by atoms with Gasteiger partial charge in [0, 0.05) is 17.1 Å². The Bertz CT molecular complexity index is 502. The molecule has 1 rings (SSSR count). The molecule has 1 aromatic rings. The molecule has 0 saturated carbocycles. The number of hydrogen-bond acceptors (Lipinski definition) is 3. The summed E-state index contributed by atoms with van der Waals surface area (Å²) in [4.78, 5) is 13.0. The van der Waals surface area contributed by atoms with Crippen LogP contribution >= 0.6 is 11.6 Å². The van der Waals surface area contributed by atoms with Crippen LogP contribution < -0.4 is 5.32 Å². The Morgan fingerprint density at radius 2 is 2.05 bits per heavy atom. The Hall–Kier alpha value is -1.30. The van der Waals surface area contributed by atoms with Gasteiger partial charge in [-0.05, 0) is 51.9 Å². The molecule has 0 saturated heterocycles. The Labute approximate surface area is 136 Å². The smallest absolute Gasteiger partial charge is 0.408 e. The summed E-state index contributed by atoms with van der Waals surface area (Å²) in [5, 5.41) is 23.5. The van der Waals surface area contributed by atoms with Gasteiger partial charge >= 0.3 is 6.09 Å². The second-order valence-corrected chi connectivity index (χ2v) is 6.79. The minimum Gasteiger partial charge on any atom is -0.465 e. The minimum absolute atomic E-state index is 0.311. The molecule has 0 fully saturated rings. The highest BCUT2D eigenvalue weighted by molar-refractivity contribution is 6.30. The normalized spacial score (nSPS) is 14.5. The monoisotopic (exact) mass is 328 g/mol. The molecule has 0 heterocycles. The van der Waals surface area contributed by atoms with Crippen LogP contribution in [0.3, 0.4) is 0 Å². The van der Waals surface area contributed by atoms with Crippen LogP contribution in [0.15, 0.2) is 24.3 Å². The van der Waals surface area contributed by atoms with Gasteiger partial charge in [-0.3, -0.25) is 4.90 Å². The fraction of sp³-hybridized carbons (Fsp3) is 0.562. The number of carboxylic acid groups (broad SMARTS) is 1. The first kappa shape index (κ1) is 18.7. The van der Waals surface area contributed by atoms with E-state index in [1.165, 1.54) is 4.90 Å². The van der Waals surface area contributed by atoms with Crippen molar-refractivity contribution in [2.45, 2.75) is 44.9 Å². The summed E-state index contributed by atoms with van der Waals surface area (Å²) < 4.78 is 0. The molecule has 0 aliphatic heterocycles. The van der Waals surface area contributed by atoms with Crippen molar-refractivity contribution in [1.29, 1.82) is 0 Å². The first-order valence-electron chi connectivity index (χ1n) is 7.26. The number of amides is 1. The molecule has 22 heavy (non-hydrogen) atoms. The van der Waals surface area contributed by atoms with E-state index in [0.29, 0.717) is 18.0 Å². The maximum absolute atomic E-state index is 11.7. The number of carbonyl (C=O) groups is 1. The Balaban J connectivity index is 3.14. The largest absolute Gasteiger partial charge is 0.465 e. The minimum atomic E-state index is -1.05. The molecule has 0 aliphatic rings. The van der Waals surface area contributed by atoms with Gasteiger partial charge in [0.25, 0.3) is 0 Å². The third kappa shape index (κ3) is 5.16. The summed E-state index contributed by atoms with van der Waals surface area (Å²) in [6.45, 7) is 5.76. The highest BCUT2D eigenvalue weighted by Gasteiger charge is 2.37. The van der Waals surface area contributed by atoms with E-state index in [1.807, 2.05) is 32.9 Å². The van der Waals surface area contributed by atoms with Crippen molar-refractivity contribution in [3.63, 3.8) is 0 Å². The van der Waals surface area contributed by atoms with E-state index in [0.717, 1.165) is 5.56 Å². The van der Waals surface area contributed by atoms with Crippen LogP contribution in [-0.2, 0) is 6.42 Å². The molecule has 0 aliphatic carbocycles. The summed E-state index contributed by atoms with van der Waals surface area (Å²) in [6.07, 6.45) is -1.47. The van der Waals surface area contributed by atoms with Crippen molar-refractivity contribution in [2.24, 2.45) is 0 Å². The predicted octanol–water partition coefficient (Wildman–Crippen LogP) is 2.61. The number of nitrogens with zero attached hydrogens (tertiary/aromatic N) is 1. The van der Waals surface area contributed by atoms with Crippen molar-refractivity contribution in [1.82, 2.24) is 10.2 Å². The molecule has 6 heteroatoms. The van der Waals surface area contributed by atoms with Gasteiger partial charge in [-0.2, -0.15) is 0 Å². The van der Waals surface area contributed by atoms with Gasteiger partial charge < -0.3 is 15.5 Å². The highest BCUT2D eigenvalue weighted by atomic mass is 35.5. The molecular formula is C16H25ClN2O3. The summed E-state index contributed by atoms with van der Waals surface area (Å²) in [7, 11) is 1.72. The van der Waals surface area contributed by atoms with Gasteiger partial charge in [0.05, 0.1) is 12.1 Å². The lowest BCUT2D eigenvalue weighted by Gasteiger charge is -2.41. The van der Waals surface area contributed by atoms with E-state index < -0.39 is 23.8 Å². The molecule has 1 amide bonds. The third-order valence-electron chi connectivity index (χ3n) is 3.45. The summed E-state index contributed by atoms with van der Waals surface area (Å²) >= 11 is 6.00. The topological polar surface area (TPSA) is 72.8 Å². The van der Waals surface area contributed by atoms with Gasteiger partial charge in [-0.1, -0.05) is 23.7 Å². The van der Waals surface area contributed by atoms with Crippen LogP contribution in [0.4, 0.5) is 4.79 Å². The van der Waals surface area contributed by atoms with Gasteiger partial charge in [0.15, 0.2) is 0 Å². The maximum Gasteiger partial charge on any atom is 0.408 e. The fourth-order valence-corrected chi connectivity index (χ4v) is 2.79. The molecule has 0 unspecified atom stereocenters. The number of halogens is 1. The molecule has 2 atom stereocenters. The lowest BCUT2D eigenvalue weighted by atomic mass is 9.94. The molecular weight excluding hydrogens is 304 g/mol. The molecule has 0 aromatic heterocycles. The van der Waals surface area contributed by atoms with Crippen molar-refractivity contribution in [3.8, 4) is 0 Å². The molecule has 1 aromatic carbocycles. The van der Waals surface area contributed by atoms with E-state index in [9.17, 15) is 15.0 Å². The van der Waals surface area contributed by atoms with Crippen LogP contribution in [0.5, 0.6) is 0 Å². The van der Waals surface area contributed by atoms with Crippen LogP contribution in [0.2, 0.25) is 5.02 Å². The zero-order chi connectivity index (χ0) is 16.9. The maximum atomic E-state index is 11.7. The second-order valence-electron chi connectivity index (χ2n) is 6.35. The summed E-state index contributed by atoms with van der Waals surface area (Å²) in [6, 6.07) is 6.70. The molecule has 5 nitrogen and oxygen atoms in total. The molecule has 3 N–H and O–H groups in total. The standard InChI is InChI=1S/C16H25ClN2O3/c1-16(2,3)19(15(21)22)13(14(20)10-18-4)9-11-6-5-7-12(17)8-11/h5-8,13-14,18,20H,9-10H2,1-4H3,(H,21,22)/t13-,14+/m0/s1. The van der Waals surface area contributed by atoms with Crippen molar-refractivity contribution in [2.75, 3.05) is 13.6 Å². The average molecular weight is 329 g/mol. The lowest BCUT2D eigenvalue weighted by Crippen LogP contribution is -2.57. The molecule has 0 radical (unpaired) electrons. The van der Waals surface area contributed by atoms with E-state index in [2.05, 4.69) is 5.32 Å². The number of hydrogen-bond donors (Lipinski definition) is 3. The zero-order valence-corrected chi connectivity index (χ0v) is 14.3. The van der Waals surface area contributed by atoms with E-state index >= 15 is 0 Å². The van der Waals surface area contributed by atoms with Crippen molar-refractivity contribution in [3.05, 3.63) is 34.9 Å². The van der Waals surface area contributed by atoms with Gasteiger partial charge in [-0.25, -0.2) is 4.79 Å². The second kappa shape index (κ2) is 7.81. The van der Waals surface area contributed by atoms with Crippen molar-refractivity contribution < 1.29 is 15.0 Å². The number of nitrogens with one attached hydrogen (secondary N) is 1. The zero-order valence-electron chi connectivity index (χ0n) is 13.5. The Morgan fingerprint density at radius 3 is 2.50 bits per heavy atom.